The van der Waals surface area contributed by atoms with Gasteiger partial charge in [0, 0.05) is 12.2 Å². The quantitative estimate of drug-likeness (QED) is 0.332. The van der Waals surface area contributed by atoms with Crippen LogP contribution in [0.1, 0.15) is 62.1 Å². The normalized spacial score (nSPS) is 18.1. The lowest BCUT2D eigenvalue weighted by Gasteiger charge is -2.27. The van der Waals surface area contributed by atoms with E-state index in [0.717, 1.165) is 42.4 Å². The summed E-state index contributed by atoms with van der Waals surface area (Å²) in [4.78, 5) is 0. The Labute approximate surface area is 199 Å². The lowest BCUT2D eigenvalue weighted by atomic mass is 9.79. The highest BCUT2D eigenvalue weighted by atomic mass is 19.2. The molecule has 4 rings (SSSR count). The second kappa shape index (κ2) is 11.1. The molecule has 180 valence electrons. The number of rotatable bonds is 8. The van der Waals surface area contributed by atoms with Crippen molar-refractivity contribution in [3.8, 4) is 16.9 Å². The molecule has 0 bridgehead atoms. The third kappa shape index (κ3) is 5.64. The van der Waals surface area contributed by atoms with Gasteiger partial charge < -0.3 is 9.47 Å². The monoisotopic (exact) mass is 468 g/mol. The van der Waals surface area contributed by atoms with Crippen molar-refractivity contribution in [3.05, 3.63) is 88.7 Å². The standard InChI is InChI=1S/C29H31F3O2/c1-3-33-18-24-13-12-23(16-26(24)30)21-10-6-20(7-11-21)17-34-27-15-14-25(28(31)29(27)32)22-8-4-19(2)5-9-22/h6-7,10-16,19,22H,3-5,8-9,17-18H2,1-2H3. The van der Waals surface area contributed by atoms with Gasteiger partial charge in [-0.2, -0.15) is 4.39 Å². The molecular weight excluding hydrogens is 437 g/mol. The van der Waals surface area contributed by atoms with Crippen molar-refractivity contribution in [2.45, 2.75) is 58.7 Å². The zero-order valence-electron chi connectivity index (χ0n) is 19.8. The Morgan fingerprint density at radius 3 is 2.18 bits per heavy atom. The summed E-state index contributed by atoms with van der Waals surface area (Å²) in [6, 6.07) is 15.7. The molecule has 5 heteroatoms. The minimum atomic E-state index is -0.921. The lowest BCUT2D eigenvalue weighted by Crippen LogP contribution is -2.13. The summed E-state index contributed by atoms with van der Waals surface area (Å²) in [6.45, 7) is 4.96. The molecule has 1 saturated carbocycles. The van der Waals surface area contributed by atoms with Crippen LogP contribution in [0, 0.1) is 23.4 Å². The predicted octanol–water partition coefficient (Wildman–Crippen LogP) is 8.18. The van der Waals surface area contributed by atoms with Crippen LogP contribution in [-0.4, -0.2) is 6.61 Å². The van der Waals surface area contributed by atoms with Crippen LogP contribution in [0.3, 0.4) is 0 Å². The molecule has 0 N–H and O–H groups in total. The van der Waals surface area contributed by atoms with Gasteiger partial charge in [-0.05, 0) is 66.0 Å². The molecule has 34 heavy (non-hydrogen) atoms. The van der Waals surface area contributed by atoms with Crippen LogP contribution >= 0.6 is 0 Å². The zero-order chi connectivity index (χ0) is 24.1. The van der Waals surface area contributed by atoms with Gasteiger partial charge in [0.1, 0.15) is 12.4 Å². The molecule has 0 aliphatic heterocycles. The van der Waals surface area contributed by atoms with Gasteiger partial charge in [0.05, 0.1) is 6.61 Å². The number of hydrogen-bond donors (Lipinski definition) is 0. The van der Waals surface area contributed by atoms with E-state index < -0.39 is 11.6 Å². The molecule has 0 saturated heterocycles. The van der Waals surface area contributed by atoms with Crippen molar-refractivity contribution in [1.82, 2.24) is 0 Å². The maximum Gasteiger partial charge on any atom is 0.200 e. The molecule has 2 nitrogen and oxygen atoms in total. The van der Waals surface area contributed by atoms with Gasteiger partial charge in [-0.25, -0.2) is 8.78 Å². The number of halogens is 3. The molecule has 0 unspecified atom stereocenters. The van der Waals surface area contributed by atoms with E-state index in [4.69, 9.17) is 9.47 Å². The van der Waals surface area contributed by atoms with Crippen LogP contribution in [0.4, 0.5) is 13.2 Å². The van der Waals surface area contributed by atoms with E-state index >= 15 is 0 Å². The first-order valence-corrected chi connectivity index (χ1v) is 12.0. The van der Waals surface area contributed by atoms with Gasteiger partial charge in [0.15, 0.2) is 11.6 Å². The van der Waals surface area contributed by atoms with E-state index in [1.807, 2.05) is 37.3 Å². The summed E-state index contributed by atoms with van der Waals surface area (Å²) >= 11 is 0. The van der Waals surface area contributed by atoms with Crippen LogP contribution in [0.15, 0.2) is 54.6 Å². The molecule has 1 fully saturated rings. The average molecular weight is 469 g/mol. The van der Waals surface area contributed by atoms with Crippen LogP contribution < -0.4 is 4.74 Å². The predicted molar refractivity (Wildman–Crippen MR) is 128 cm³/mol. The first kappa shape index (κ1) is 24.3. The largest absolute Gasteiger partial charge is 0.486 e. The highest BCUT2D eigenvalue weighted by molar-refractivity contribution is 5.64. The molecule has 1 aliphatic rings. The minimum Gasteiger partial charge on any atom is -0.486 e. The Balaban J connectivity index is 1.40. The summed E-state index contributed by atoms with van der Waals surface area (Å²) in [6.07, 6.45) is 3.88. The third-order valence-electron chi connectivity index (χ3n) is 6.73. The van der Waals surface area contributed by atoms with E-state index in [9.17, 15) is 13.2 Å². The molecule has 0 radical (unpaired) electrons. The number of benzene rings is 3. The topological polar surface area (TPSA) is 18.5 Å². The van der Waals surface area contributed by atoms with E-state index in [0.29, 0.717) is 23.7 Å². The van der Waals surface area contributed by atoms with Gasteiger partial charge in [-0.15, -0.1) is 0 Å². The summed E-state index contributed by atoms with van der Waals surface area (Å²) < 4.78 is 54.6. The molecule has 3 aromatic carbocycles. The number of hydrogen-bond acceptors (Lipinski definition) is 2. The average Bonchev–Trinajstić information content (AvgIpc) is 2.85. The Hall–Kier alpha value is -2.79. The second-order valence-corrected chi connectivity index (χ2v) is 9.17. The van der Waals surface area contributed by atoms with E-state index in [1.165, 1.54) is 12.1 Å². The third-order valence-corrected chi connectivity index (χ3v) is 6.73. The SMILES string of the molecule is CCOCc1ccc(-c2ccc(COc3ccc(C4CCC(C)CC4)c(F)c3F)cc2)cc1F. The summed E-state index contributed by atoms with van der Waals surface area (Å²) in [7, 11) is 0. The van der Waals surface area contributed by atoms with E-state index in [1.54, 1.807) is 12.1 Å². The molecular formula is C29H31F3O2. The first-order valence-electron chi connectivity index (χ1n) is 12.0. The fourth-order valence-corrected chi connectivity index (χ4v) is 4.55. The van der Waals surface area contributed by atoms with Crippen molar-refractivity contribution in [3.63, 3.8) is 0 Å². The maximum absolute atomic E-state index is 14.7. The number of ether oxygens (including phenoxy) is 2. The molecule has 3 aromatic rings. The summed E-state index contributed by atoms with van der Waals surface area (Å²) in [5, 5.41) is 0. The van der Waals surface area contributed by atoms with Gasteiger partial charge in [0.25, 0.3) is 0 Å². The summed E-state index contributed by atoms with van der Waals surface area (Å²) in [5.74, 6) is -1.37. The van der Waals surface area contributed by atoms with Crippen molar-refractivity contribution in [2.75, 3.05) is 6.61 Å². The molecule has 0 spiro atoms. The van der Waals surface area contributed by atoms with Crippen LogP contribution in [0.2, 0.25) is 0 Å². The molecule has 0 atom stereocenters. The summed E-state index contributed by atoms with van der Waals surface area (Å²) in [5.41, 5.74) is 3.40. The van der Waals surface area contributed by atoms with E-state index in [2.05, 4.69) is 6.92 Å². The molecule has 1 aliphatic carbocycles. The van der Waals surface area contributed by atoms with E-state index in [-0.39, 0.29) is 30.7 Å². The molecule has 0 heterocycles. The Kier molecular flexibility index (Phi) is 7.94. The molecule has 0 amide bonds. The minimum absolute atomic E-state index is 0.0744. The maximum atomic E-state index is 14.7. The fraction of sp³-hybridized carbons (Fsp3) is 0.379. The van der Waals surface area contributed by atoms with Gasteiger partial charge >= 0.3 is 0 Å². The van der Waals surface area contributed by atoms with Crippen LogP contribution in [0.25, 0.3) is 11.1 Å². The first-order chi connectivity index (χ1) is 16.5. The smallest absolute Gasteiger partial charge is 0.200 e. The van der Waals surface area contributed by atoms with Gasteiger partial charge in [-0.3, -0.25) is 0 Å². The lowest BCUT2D eigenvalue weighted by molar-refractivity contribution is 0.131. The molecule has 0 aromatic heterocycles. The Bertz CT molecular complexity index is 1100. The van der Waals surface area contributed by atoms with Crippen LogP contribution in [-0.2, 0) is 18.0 Å². The highest BCUT2D eigenvalue weighted by Crippen LogP contribution is 2.38. The Morgan fingerprint density at radius 1 is 0.794 bits per heavy atom. The zero-order valence-corrected chi connectivity index (χ0v) is 19.8. The van der Waals surface area contributed by atoms with Gasteiger partial charge in [0.2, 0.25) is 5.82 Å². The van der Waals surface area contributed by atoms with Crippen molar-refractivity contribution >= 4 is 0 Å². The Morgan fingerprint density at radius 2 is 1.50 bits per heavy atom. The second-order valence-electron chi connectivity index (χ2n) is 9.17. The van der Waals surface area contributed by atoms with Gasteiger partial charge in [-0.1, -0.05) is 62.2 Å². The fourth-order valence-electron chi connectivity index (χ4n) is 4.55. The van der Waals surface area contributed by atoms with Crippen molar-refractivity contribution in [2.24, 2.45) is 5.92 Å². The van der Waals surface area contributed by atoms with Crippen molar-refractivity contribution < 1.29 is 22.6 Å². The highest BCUT2D eigenvalue weighted by Gasteiger charge is 2.25. The van der Waals surface area contributed by atoms with Crippen molar-refractivity contribution in [1.29, 1.82) is 0 Å². The van der Waals surface area contributed by atoms with Crippen LogP contribution in [0.5, 0.6) is 5.75 Å².